The van der Waals surface area contributed by atoms with Crippen LogP contribution in [0.2, 0.25) is 0 Å². The van der Waals surface area contributed by atoms with Gasteiger partial charge in [0, 0.05) is 12.1 Å². The first kappa shape index (κ1) is 13.4. The Labute approximate surface area is 119 Å². The fourth-order valence-electron chi connectivity index (χ4n) is 3.43. The van der Waals surface area contributed by atoms with E-state index in [1.807, 2.05) is 24.3 Å². The normalized spacial score (nSPS) is 31.8. The third kappa shape index (κ3) is 2.65. The topological polar surface area (TPSA) is 65.3 Å². The molecule has 0 aromatic heterocycles. The van der Waals surface area contributed by atoms with Gasteiger partial charge in [0.05, 0.1) is 18.1 Å². The monoisotopic (exact) mass is 272 g/mol. The second kappa shape index (κ2) is 5.43. The molecule has 0 amide bonds. The van der Waals surface area contributed by atoms with Gasteiger partial charge in [-0.1, -0.05) is 12.1 Å². The molecule has 0 aliphatic carbocycles. The molecule has 0 spiro atoms. The first-order valence-corrected chi connectivity index (χ1v) is 7.28. The van der Waals surface area contributed by atoms with Crippen LogP contribution >= 0.6 is 0 Å². The zero-order valence-electron chi connectivity index (χ0n) is 11.5. The van der Waals surface area contributed by atoms with Crippen molar-refractivity contribution in [3.8, 4) is 11.8 Å². The second-order valence-electron chi connectivity index (χ2n) is 5.86. The second-order valence-corrected chi connectivity index (χ2v) is 5.86. The molecule has 3 rings (SSSR count). The van der Waals surface area contributed by atoms with E-state index in [-0.39, 0.29) is 0 Å². The summed E-state index contributed by atoms with van der Waals surface area (Å²) in [4.78, 5) is 0. The van der Waals surface area contributed by atoms with E-state index < -0.39 is 5.60 Å². The van der Waals surface area contributed by atoms with Crippen LogP contribution in [-0.2, 0) is 5.60 Å². The molecule has 1 aromatic rings. The van der Waals surface area contributed by atoms with Gasteiger partial charge in [-0.05, 0) is 43.4 Å². The van der Waals surface area contributed by atoms with Crippen molar-refractivity contribution in [1.29, 1.82) is 5.26 Å². The Bertz CT molecular complexity index is 494. The quantitative estimate of drug-likeness (QED) is 0.824. The van der Waals surface area contributed by atoms with Gasteiger partial charge in [-0.3, -0.25) is 0 Å². The van der Waals surface area contributed by atoms with Crippen LogP contribution < -0.4 is 10.1 Å². The molecule has 4 heteroatoms. The maximum absolute atomic E-state index is 10.9. The third-order valence-electron chi connectivity index (χ3n) is 4.38. The molecule has 0 saturated carbocycles. The van der Waals surface area contributed by atoms with Crippen molar-refractivity contribution in [3.05, 3.63) is 29.8 Å². The van der Waals surface area contributed by atoms with Crippen LogP contribution in [-0.4, -0.2) is 23.8 Å². The van der Waals surface area contributed by atoms with Gasteiger partial charge in [0.2, 0.25) is 0 Å². The first-order chi connectivity index (χ1) is 9.69. The van der Waals surface area contributed by atoms with Crippen LogP contribution in [0.15, 0.2) is 24.3 Å². The molecule has 0 radical (unpaired) electrons. The van der Waals surface area contributed by atoms with Gasteiger partial charge in [-0.2, -0.15) is 5.26 Å². The fourth-order valence-corrected chi connectivity index (χ4v) is 3.43. The summed E-state index contributed by atoms with van der Waals surface area (Å²) < 4.78 is 5.46. The number of benzene rings is 1. The fraction of sp³-hybridized carbons (Fsp3) is 0.562. The van der Waals surface area contributed by atoms with Crippen LogP contribution in [0.4, 0.5) is 0 Å². The van der Waals surface area contributed by atoms with E-state index in [0.717, 1.165) is 24.2 Å². The van der Waals surface area contributed by atoms with Crippen molar-refractivity contribution in [2.24, 2.45) is 0 Å². The largest absolute Gasteiger partial charge is 0.493 e. The molecular formula is C16H20N2O2. The van der Waals surface area contributed by atoms with Crippen molar-refractivity contribution in [2.45, 2.75) is 49.8 Å². The van der Waals surface area contributed by atoms with Crippen LogP contribution in [0.25, 0.3) is 0 Å². The predicted octanol–water partition coefficient (Wildman–Crippen LogP) is 2.08. The van der Waals surface area contributed by atoms with E-state index in [1.165, 1.54) is 12.8 Å². The minimum atomic E-state index is -0.706. The number of nitrogens with zero attached hydrogens (tertiary/aromatic N) is 1. The maximum atomic E-state index is 10.9. The highest BCUT2D eigenvalue weighted by Gasteiger charge is 2.43. The van der Waals surface area contributed by atoms with Crippen LogP contribution in [0.1, 0.15) is 37.7 Å². The molecule has 20 heavy (non-hydrogen) atoms. The van der Waals surface area contributed by atoms with Gasteiger partial charge in [0.25, 0.3) is 0 Å². The Kier molecular flexibility index (Phi) is 3.64. The summed E-state index contributed by atoms with van der Waals surface area (Å²) in [6.45, 7) is 0.411. The zero-order valence-corrected chi connectivity index (χ0v) is 11.5. The van der Waals surface area contributed by atoms with Crippen molar-refractivity contribution in [3.63, 3.8) is 0 Å². The summed E-state index contributed by atoms with van der Waals surface area (Å²) in [7, 11) is 0. The van der Waals surface area contributed by atoms with E-state index in [4.69, 9.17) is 10.00 Å². The molecule has 2 aliphatic heterocycles. The number of aliphatic hydroxyl groups is 1. The molecule has 2 saturated heterocycles. The average Bonchev–Trinajstić information content (AvgIpc) is 2.79. The van der Waals surface area contributed by atoms with E-state index in [9.17, 15) is 5.11 Å². The first-order valence-electron chi connectivity index (χ1n) is 7.28. The van der Waals surface area contributed by atoms with Gasteiger partial charge in [-0.25, -0.2) is 0 Å². The average molecular weight is 272 g/mol. The van der Waals surface area contributed by atoms with Gasteiger partial charge in [-0.15, -0.1) is 0 Å². The standard InChI is InChI=1S/C16H20N2O2/c17-8-1-9-20-15-6-2-12(3-7-15)16(19)10-13-4-5-14(11-16)18-13/h2-3,6-7,13-14,18-19H,1,4-5,9-11H2. The lowest BCUT2D eigenvalue weighted by molar-refractivity contribution is -0.0114. The van der Waals surface area contributed by atoms with Crippen molar-refractivity contribution in [2.75, 3.05) is 6.61 Å². The van der Waals surface area contributed by atoms with Gasteiger partial charge < -0.3 is 15.2 Å². The Morgan fingerprint density at radius 1 is 1.25 bits per heavy atom. The number of piperidine rings is 1. The van der Waals surface area contributed by atoms with Crippen LogP contribution in [0.3, 0.4) is 0 Å². The number of rotatable bonds is 4. The Balaban J connectivity index is 1.69. The minimum Gasteiger partial charge on any atom is -0.493 e. The summed E-state index contributed by atoms with van der Waals surface area (Å²) in [5.41, 5.74) is 0.269. The van der Waals surface area contributed by atoms with Gasteiger partial charge in [0.1, 0.15) is 12.4 Å². The molecule has 2 heterocycles. The van der Waals surface area contributed by atoms with Crippen LogP contribution in [0.5, 0.6) is 5.75 Å². The molecule has 2 fully saturated rings. The maximum Gasteiger partial charge on any atom is 0.119 e. The minimum absolute atomic E-state index is 0.390. The number of hydrogen-bond donors (Lipinski definition) is 2. The molecule has 4 nitrogen and oxygen atoms in total. The number of fused-ring (bicyclic) bond motifs is 2. The lowest BCUT2D eigenvalue weighted by Crippen LogP contribution is -2.46. The summed E-state index contributed by atoms with van der Waals surface area (Å²) in [6, 6.07) is 10.6. The van der Waals surface area contributed by atoms with Crippen LogP contribution in [0, 0.1) is 11.3 Å². The lowest BCUT2D eigenvalue weighted by atomic mass is 9.81. The number of nitrogens with one attached hydrogen (secondary N) is 1. The molecule has 2 atom stereocenters. The highest BCUT2D eigenvalue weighted by atomic mass is 16.5. The van der Waals surface area contributed by atoms with E-state index in [2.05, 4.69) is 11.4 Å². The zero-order chi connectivity index (χ0) is 14.0. The van der Waals surface area contributed by atoms with E-state index >= 15 is 0 Å². The van der Waals surface area contributed by atoms with Crippen molar-refractivity contribution >= 4 is 0 Å². The summed E-state index contributed by atoms with van der Waals surface area (Å²) in [5, 5.41) is 22.9. The molecule has 1 aromatic carbocycles. The molecular weight excluding hydrogens is 252 g/mol. The Morgan fingerprint density at radius 3 is 2.50 bits per heavy atom. The number of nitriles is 1. The highest BCUT2D eigenvalue weighted by Crippen LogP contribution is 2.40. The van der Waals surface area contributed by atoms with Crippen molar-refractivity contribution in [1.82, 2.24) is 5.32 Å². The van der Waals surface area contributed by atoms with Gasteiger partial charge in [0.15, 0.2) is 0 Å². The lowest BCUT2D eigenvalue weighted by Gasteiger charge is -2.37. The van der Waals surface area contributed by atoms with Crippen molar-refractivity contribution < 1.29 is 9.84 Å². The molecule has 2 N–H and O–H groups in total. The predicted molar refractivity (Wildman–Crippen MR) is 75.2 cm³/mol. The summed E-state index contributed by atoms with van der Waals surface area (Å²) in [6.07, 6.45) is 4.31. The third-order valence-corrected chi connectivity index (χ3v) is 4.38. The number of hydrogen-bond acceptors (Lipinski definition) is 4. The molecule has 2 aliphatic rings. The summed E-state index contributed by atoms with van der Waals surface area (Å²) in [5.74, 6) is 0.754. The Morgan fingerprint density at radius 2 is 1.90 bits per heavy atom. The number of ether oxygens (including phenoxy) is 1. The summed E-state index contributed by atoms with van der Waals surface area (Å²) >= 11 is 0. The SMILES string of the molecule is N#CCCOc1ccc(C2(O)CC3CCC(C2)N3)cc1. The van der Waals surface area contributed by atoms with E-state index in [0.29, 0.717) is 25.1 Å². The molecule has 106 valence electrons. The molecule has 2 bridgehead atoms. The molecule has 2 unspecified atom stereocenters. The van der Waals surface area contributed by atoms with E-state index in [1.54, 1.807) is 0 Å². The van der Waals surface area contributed by atoms with Gasteiger partial charge >= 0.3 is 0 Å². The Hall–Kier alpha value is -1.57. The smallest absolute Gasteiger partial charge is 0.119 e. The highest BCUT2D eigenvalue weighted by molar-refractivity contribution is 5.32.